The molecule has 1 saturated carbocycles. The Balaban J connectivity index is 2.51. The van der Waals surface area contributed by atoms with Gasteiger partial charge in [-0.1, -0.05) is 0 Å². The van der Waals surface area contributed by atoms with E-state index in [0.29, 0.717) is 19.4 Å². The van der Waals surface area contributed by atoms with Gasteiger partial charge in [0.05, 0.1) is 19.2 Å². The highest BCUT2D eigenvalue weighted by Gasteiger charge is 2.41. The van der Waals surface area contributed by atoms with Gasteiger partial charge in [0.2, 0.25) is 11.9 Å². The van der Waals surface area contributed by atoms with Gasteiger partial charge in [-0.15, -0.1) is 23.5 Å². The third-order valence-corrected chi connectivity index (χ3v) is 8.92. The van der Waals surface area contributed by atoms with Crippen molar-refractivity contribution in [2.45, 2.75) is 97.4 Å². The lowest BCUT2D eigenvalue weighted by Crippen LogP contribution is -2.50. The number of nitrogens with one attached hydrogen (secondary N) is 3. The van der Waals surface area contributed by atoms with E-state index in [1.54, 1.807) is 77.2 Å². The molecule has 1 aliphatic heterocycles. The molecule has 42 heavy (non-hydrogen) atoms. The lowest BCUT2D eigenvalue weighted by molar-refractivity contribution is -0.133. The molecule has 1 heterocycles. The number of alkyl carbamates (subject to hydrolysis) is 2. The van der Waals surface area contributed by atoms with E-state index in [9.17, 15) is 19.2 Å². The van der Waals surface area contributed by atoms with Crippen molar-refractivity contribution in [1.29, 1.82) is 0 Å². The molecule has 0 aromatic carbocycles. The molecule has 0 bridgehead atoms. The van der Waals surface area contributed by atoms with E-state index >= 15 is 0 Å². The van der Waals surface area contributed by atoms with E-state index in [1.807, 2.05) is 0 Å². The number of hydroxylamine groups is 2. The average molecular weight is 630 g/mol. The normalized spacial score (nSPS) is 20.0. The van der Waals surface area contributed by atoms with Crippen LogP contribution in [-0.2, 0) is 23.9 Å². The number of ketones is 1. The van der Waals surface area contributed by atoms with Crippen LogP contribution in [0.4, 0.5) is 9.59 Å². The molecule has 1 aliphatic carbocycles. The molecular weight excluding hydrogens is 582 g/mol. The van der Waals surface area contributed by atoms with Crippen molar-refractivity contribution in [2.24, 2.45) is 10.9 Å². The Labute approximate surface area is 257 Å². The molecule has 0 aromatic rings. The van der Waals surface area contributed by atoms with Crippen molar-refractivity contribution >= 4 is 53.4 Å². The van der Waals surface area contributed by atoms with Crippen LogP contribution in [0.15, 0.2) is 14.8 Å². The van der Waals surface area contributed by atoms with Crippen molar-refractivity contribution < 1.29 is 33.5 Å². The number of guanidine groups is 1. The average Bonchev–Trinajstić information content (AvgIpc) is 3.26. The van der Waals surface area contributed by atoms with Crippen LogP contribution < -0.4 is 16.0 Å². The van der Waals surface area contributed by atoms with E-state index in [-0.39, 0.29) is 24.1 Å². The fraction of sp³-hybridized carbons (Fsp3) is 0.750. The van der Waals surface area contributed by atoms with Crippen LogP contribution >= 0.6 is 23.5 Å². The molecule has 0 radical (unpaired) electrons. The van der Waals surface area contributed by atoms with Crippen molar-refractivity contribution in [2.75, 3.05) is 32.2 Å². The minimum atomic E-state index is -0.831. The number of hydrogen-bond donors (Lipinski definition) is 3. The molecule has 3 unspecified atom stereocenters. The number of carbonyl (C=O) groups excluding carboxylic acids is 4. The van der Waals surface area contributed by atoms with Gasteiger partial charge in [0.25, 0.3) is 0 Å². The molecular formula is C28H47N5O7S2. The van der Waals surface area contributed by atoms with Crippen LogP contribution in [0.5, 0.6) is 0 Å². The number of aliphatic imine (C=N–C) groups is 1. The van der Waals surface area contributed by atoms with E-state index in [4.69, 9.17) is 19.3 Å². The van der Waals surface area contributed by atoms with Crippen LogP contribution in [-0.4, -0.2) is 90.4 Å². The van der Waals surface area contributed by atoms with Gasteiger partial charge in [0.15, 0.2) is 5.78 Å². The summed E-state index contributed by atoms with van der Waals surface area (Å²) in [5.41, 5.74) is -0.431. The molecule has 2 aliphatic rings. The molecule has 3 N–H and O–H groups in total. The lowest BCUT2D eigenvalue weighted by Gasteiger charge is -2.27. The fourth-order valence-electron chi connectivity index (χ4n) is 4.41. The summed E-state index contributed by atoms with van der Waals surface area (Å²) in [4.78, 5) is 61.2. The Morgan fingerprint density at radius 1 is 0.976 bits per heavy atom. The molecule has 12 nitrogen and oxygen atoms in total. The summed E-state index contributed by atoms with van der Waals surface area (Å²) < 4.78 is 12.0. The monoisotopic (exact) mass is 629 g/mol. The zero-order valence-corrected chi connectivity index (χ0v) is 27.9. The van der Waals surface area contributed by atoms with Crippen molar-refractivity contribution in [1.82, 2.24) is 21.0 Å². The van der Waals surface area contributed by atoms with Gasteiger partial charge in [-0.25, -0.2) is 14.6 Å². The van der Waals surface area contributed by atoms with Crippen molar-refractivity contribution in [3.63, 3.8) is 0 Å². The summed E-state index contributed by atoms with van der Waals surface area (Å²) >= 11 is 3.58. The second kappa shape index (κ2) is 16.0. The second-order valence-electron chi connectivity index (χ2n) is 12.2. The maximum absolute atomic E-state index is 13.5. The summed E-state index contributed by atoms with van der Waals surface area (Å²) in [6.07, 6.45) is 0.683. The molecule has 1 saturated heterocycles. The second-order valence-corrected chi connectivity index (χ2v) is 14.7. The van der Waals surface area contributed by atoms with E-state index < -0.39 is 41.4 Å². The zero-order chi connectivity index (χ0) is 31.7. The quantitative estimate of drug-likeness (QED) is 0.203. The standard InChI is InChI=1S/C28H47N5O7S2/c1-17(34)29-22(21(35)11-12-33(8)38-9)19-15-18(23-41-13-10-14-42-23)16-20(19)30-24(31-25(36)39-27(2,3)4)32-26(37)40-28(5,6)7/h19-20,22H,10-16H2,1-9H3,(H,29,34)(H2,30,31,32,36,37). The smallest absolute Gasteiger partial charge is 0.414 e. The highest BCUT2D eigenvalue weighted by atomic mass is 32.2. The Morgan fingerprint density at radius 3 is 2.00 bits per heavy atom. The largest absolute Gasteiger partial charge is 0.444 e. The molecule has 14 heteroatoms. The van der Waals surface area contributed by atoms with Crippen LogP contribution in [0, 0.1) is 5.92 Å². The molecule has 3 amide bonds. The van der Waals surface area contributed by atoms with Gasteiger partial charge in [0.1, 0.15) is 11.2 Å². The minimum absolute atomic E-state index is 0.150. The number of amides is 3. The predicted octanol–water partition coefficient (Wildman–Crippen LogP) is 4.21. The molecule has 0 spiro atoms. The summed E-state index contributed by atoms with van der Waals surface area (Å²) in [6, 6.07) is -1.38. The first-order valence-corrected chi connectivity index (χ1v) is 16.0. The Kier molecular flexibility index (Phi) is 13.7. The lowest BCUT2D eigenvalue weighted by atomic mass is 9.90. The van der Waals surface area contributed by atoms with Crippen LogP contribution in [0.3, 0.4) is 0 Å². The number of ether oxygens (including phenoxy) is 2. The van der Waals surface area contributed by atoms with Crippen molar-refractivity contribution in [3.05, 3.63) is 9.81 Å². The van der Waals surface area contributed by atoms with Crippen LogP contribution in [0.1, 0.15) is 74.1 Å². The summed E-state index contributed by atoms with van der Waals surface area (Å²) in [5, 5.41) is 9.49. The zero-order valence-electron chi connectivity index (χ0n) is 26.3. The first-order valence-electron chi connectivity index (χ1n) is 14.1. The van der Waals surface area contributed by atoms with Gasteiger partial charge in [-0.05, 0) is 77.9 Å². The number of Topliss-reactive ketones (excluding diaryl/α,β-unsaturated/α-hetero) is 1. The summed E-state index contributed by atoms with van der Waals surface area (Å²) in [5.74, 6) is 0.947. The first kappa shape index (κ1) is 35.9. The fourth-order valence-corrected chi connectivity index (χ4v) is 7.12. The summed E-state index contributed by atoms with van der Waals surface area (Å²) in [7, 11) is 3.24. The summed E-state index contributed by atoms with van der Waals surface area (Å²) in [6.45, 7) is 12.1. The van der Waals surface area contributed by atoms with Gasteiger partial charge in [-0.2, -0.15) is 5.06 Å². The van der Waals surface area contributed by atoms with Crippen LogP contribution in [0.25, 0.3) is 0 Å². The van der Waals surface area contributed by atoms with Gasteiger partial charge < -0.3 is 19.6 Å². The number of thioether (sulfide) groups is 2. The van der Waals surface area contributed by atoms with Gasteiger partial charge in [-0.3, -0.25) is 20.2 Å². The highest BCUT2D eigenvalue weighted by molar-refractivity contribution is 8.22. The van der Waals surface area contributed by atoms with E-state index in [0.717, 1.165) is 23.5 Å². The maximum atomic E-state index is 13.5. The minimum Gasteiger partial charge on any atom is -0.444 e. The van der Waals surface area contributed by atoms with E-state index in [2.05, 4.69) is 16.0 Å². The molecule has 0 aromatic heterocycles. The van der Waals surface area contributed by atoms with E-state index in [1.165, 1.54) is 18.3 Å². The molecule has 2 rings (SSSR count). The topological polar surface area (TPSA) is 148 Å². The Morgan fingerprint density at radius 2 is 1.52 bits per heavy atom. The Bertz CT molecular complexity index is 1010. The number of rotatable bonds is 8. The predicted molar refractivity (Wildman–Crippen MR) is 166 cm³/mol. The highest BCUT2D eigenvalue weighted by Crippen LogP contribution is 2.45. The third kappa shape index (κ3) is 12.9. The number of hydrogen-bond acceptors (Lipinski definition) is 11. The molecule has 238 valence electrons. The van der Waals surface area contributed by atoms with Crippen LogP contribution in [0.2, 0.25) is 0 Å². The first-order chi connectivity index (χ1) is 19.5. The van der Waals surface area contributed by atoms with Crippen molar-refractivity contribution in [3.8, 4) is 0 Å². The Hall–Kier alpha value is -2.29. The van der Waals surface area contributed by atoms with Gasteiger partial charge in [0, 0.05) is 37.1 Å². The third-order valence-electron chi connectivity index (χ3n) is 6.13. The number of nitrogens with zero attached hydrogens (tertiary/aromatic N) is 2. The molecule has 2 fully saturated rings. The SMILES string of the molecule is CON(C)CCC(=O)C(NC(C)=O)C1CC(=C2SCCCS2)CC1N=C(NC(=O)OC(C)(C)C)NC(=O)OC(C)(C)C. The number of carbonyl (C=O) groups is 4. The maximum Gasteiger partial charge on any atom is 0.414 e. The van der Waals surface area contributed by atoms with Gasteiger partial charge >= 0.3 is 12.2 Å². The molecule has 3 atom stereocenters.